The fourth-order valence-corrected chi connectivity index (χ4v) is 2.68. The van der Waals surface area contributed by atoms with Crippen LogP contribution in [0, 0.1) is 5.82 Å². The normalized spacial score (nSPS) is 10.7. The van der Waals surface area contributed by atoms with Crippen molar-refractivity contribution in [2.75, 3.05) is 0 Å². The molecule has 0 saturated carbocycles. The van der Waals surface area contributed by atoms with Gasteiger partial charge in [-0.05, 0) is 41.8 Å². The molecule has 0 atom stereocenters. The molecular formula is C16H15FOS. The summed E-state index contributed by atoms with van der Waals surface area (Å²) < 4.78 is 13.3. The van der Waals surface area contributed by atoms with Gasteiger partial charge in [0.05, 0.1) is 0 Å². The van der Waals surface area contributed by atoms with Crippen LogP contribution in [0.25, 0.3) is 0 Å². The summed E-state index contributed by atoms with van der Waals surface area (Å²) in [5.74, 6) is 0.112. The fraction of sp³-hybridized carbons (Fsp3) is 0.188. The Kier molecular flexibility index (Phi) is 4.38. The van der Waals surface area contributed by atoms with E-state index in [2.05, 4.69) is 26.0 Å². The summed E-state index contributed by atoms with van der Waals surface area (Å²) >= 11 is 1.45. The molecule has 0 amide bonds. The molecule has 0 spiro atoms. The highest BCUT2D eigenvalue weighted by molar-refractivity contribution is 7.99. The first kappa shape index (κ1) is 13.8. The predicted molar refractivity (Wildman–Crippen MR) is 76.4 cm³/mol. The molecule has 19 heavy (non-hydrogen) atoms. The van der Waals surface area contributed by atoms with Crippen molar-refractivity contribution in [3.05, 3.63) is 59.4 Å². The molecule has 98 valence electrons. The van der Waals surface area contributed by atoms with Gasteiger partial charge in [0.1, 0.15) is 12.1 Å². The maximum Gasteiger partial charge on any atom is 0.150 e. The monoisotopic (exact) mass is 274 g/mol. The van der Waals surface area contributed by atoms with Crippen LogP contribution in [0.15, 0.2) is 52.3 Å². The van der Waals surface area contributed by atoms with Crippen molar-refractivity contribution in [3.8, 4) is 0 Å². The largest absolute Gasteiger partial charge is 0.298 e. The lowest BCUT2D eigenvalue weighted by atomic mass is 10.0. The van der Waals surface area contributed by atoms with Gasteiger partial charge >= 0.3 is 0 Å². The number of hydrogen-bond acceptors (Lipinski definition) is 2. The number of rotatable bonds is 4. The third-order valence-corrected chi connectivity index (χ3v) is 3.79. The van der Waals surface area contributed by atoms with Crippen molar-refractivity contribution in [1.82, 2.24) is 0 Å². The zero-order valence-corrected chi connectivity index (χ0v) is 11.7. The highest BCUT2D eigenvalue weighted by Gasteiger charge is 2.04. The average Bonchev–Trinajstić information content (AvgIpc) is 2.38. The van der Waals surface area contributed by atoms with E-state index in [1.54, 1.807) is 6.07 Å². The minimum absolute atomic E-state index is 0.362. The molecule has 0 bridgehead atoms. The Bertz CT molecular complexity index is 576. The van der Waals surface area contributed by atoms with Crippen molar-refractivity contribution in [3.63, 3.8) is 0 Å². The van der Waals surface area contributed by atoms with Crippen LogP contribution in [0.3, 0.4) is 0 Å². The lowest BCUT2D eigenvalue weighted by molar-refractivity contribution is 0.112. The van der Waals surface area contributed by atoms with Crippen LogP contribution >= 0.6 is 11.8 Å². The second kappa shape index (κ2) is 6.02. The molecule has 0 aliphatic rings. The van der Waals surface area contributed by atoms with Crippen LogP contribution in [0.4, 0.5) is 4.39 Å². The lowest BCUT2D eigenvalue weighted by Gasteiger charge is -2.07. The standard InChI is InChI=1S/C16H15FOS/c1-11(2)13-3-5-15(6-4-13)19-16-8-12(10-18)7-14(17)9-16/h3-11H,1-2H3. The van der Waals surface area contributed by atoms with E-state index in [-0.39, 0.29) is 5.82 Å². The van der Waals surface area contributed by atoms with E-state index in [9.17, 15) is 9.18 Å². The molecule has 0 aliphatic heterocycles. The summed E-state index contributed by atoms with van der Waals surface area (Å²) in [6.07, 6.45) is 0.662. The van der Waals surface area contributed by atoms with Crippen LogP contribution in [0.1, 0.15) is 35.7 Å². The van der Waals surface area contributed by atoms with Crippen LogP contribution in [-0.4, -0.2) is 6.29 Å². The lowest BCUT2D eigenvalue weighted by Crippen LogP contribution is -1.87. The Morgan fingerprint density at radius 2 is 1.74 bits per heavy atom. The number of aldehydes is 1. The summed E-state index contributed by atoms with van der Waals surface area (Å²) in [6, 6.07) is 12.6. The van der Waals surface area contributed by atoms with Gasteiger partial charge in [0.2, 0.25) is 0 Å². The first-order valence-corrected chi connectivity index (χ1v) is 6.93. The number of carbonyl (C=O) groups excluding carboxylic acids is 1. The summed E-state index contributed by atoms with van der Waals surface area (Å²) in [5, 5.41) is 0. The quantitative estimate of drug-likeness (QED) is 0.737. The van der Waals surface area contributed by atoms with Crippen molar-refractivity contribution in [2.45, 2.75) is 29.6 Å². The van der Waals surface area contributed by atoms with Crippen molar-refractivity contribution in [1.29, 1.82) is 0 Å². The molecule has 0 unspecified atom stereocenters. The molecule has 0 heterocycles. The summed E-state index contributed by atoms with van der Waals surface area (Å²) in [6.45, 7) is 4.29. The van der Waals surface area contributed by atoms with Gasteiger partial charge in [-0.25, -0.2) is 4.39 Å². The smallest absolute Gasteiger partial charge is 0.150 e. The Balaban J connectivity index is 2.21. The molecule has 0 aliphatic carbocycles. The minimum atomic E-state index is -0.383. The Hall–Kier alpha value is -1.61. The van der Waals surface area contributed by atoms with Gasteiger partial charge in [0, 0.05) is 15.4 Å². The van der Waals surface area contributed by atoms with Gasteiger partial charge in [-0.15, -0.1) is 0 Å². The zero-order valence-electron chi connectivity index (χ0n) is 10.9. The first-order chi connectivity index (χ1) is 9.08. The maximum absolute atomic E-state index is 13.3. The molecule has 3 heteroatoms. The number of benzene rings is 2. The highest BCUT2D eigenvalue weighted by atomic mass is 32.2. The third kappa shape index (κ3) is 3.67. The van der Waals surface area contributed by atoms with Crippen LogP contribution < -0.4 is 0 Å². The molecule has 2 rings (SSSR count). The fourth-order valence-electron chi connectivity index (χ4n) is 1.77. The SMILES string of the molecule is CC(C)c1ccc(Sc2cc(F)cc(C=O)c2)cc1. The van der Waals surface area contributed by atoms with E-state index in [0.29, 0.717) is 17.8 Å². The molecule has 0 N–H and O–H groups in total. The summed E-state index contributed by atoms with van der Waals surface area (Å²) in [4.78, 5) is 12.5. The van der Waals surface area contributed by atoms with Crippen molar-refractivity contribution in [2.24, 2.45) is 0 Å². The van der Waals surface area contributed by atoms with E-state index in [0.717, 1.165) is 9.79 Å². The molecule has 0 radical (unpaired) electrons. The third-order valence-electron chi connectivity index (χ3n) is 2.81. The minimum Gasteiger partial charge on any atom is -0.298 e. The zero-order chi connectivity index (χ0) is 13.8. The van der Waals surface area contributed by atoms with Gasteiger partial charge in [-0.3, -0.25) is 4.79 Å². The van der Waals surface area contributed by atoms with Crippen molar-refractivity contribution >= 4 is 18.0 Å². The Morgan fingerprint density at radius 1 is 1.05 bits per heavy atom. The topological polar surface area (TPSA) is 17.1 Å². The first-order valence-electron chi connectivity index (χ1n) is 6.12. The molecule has 1 nitrogen and oxygen atoms in total. The number of hydrogen-bond donors (Lipinski definition) is 0. The molecule has 0 fully saturated rings. The van der Waals surface area contributed by atoms with Gasteiger partial charge in [0.15, 0.2) is 0 Å². The number of carbonyl (C=O) groups is 1. The van der Waals surface area contributed by atoms with Gasteiger partial charge in [-0.2, -0.15) is 0 Å². The molecule has 2 aromatic rings. The average molecular weight is 274 g/mol. The van der Waals surface area contributed by atoms with E-state index < -0.39 is 0 Å². The molecule has 0 saturated heterocycles. The van der Waals surface area contributed by atoms with Crippen LogP contribution in [0.2, 0.25) is 0 Å². The van der Waals surface area contributed by atoms with E-state index in [1.165, 1.54) is 29.5 Å². The van der Waals surface area contributed by atoms with Crippen molar-refractivity contribution < 1.29 is 9.18 Å². The van der Waals surface area contributed by atoms with Crippen LogP contribution in [0.5, 0.6) is 0 Å². The summed E-state index contributed by atoms with van der Waals surface area (Å²) in [5.41, 5.74) is 1.64. The highest BCUT2D eigenvalue weighted by Crippen LogP contribution is 2.29. The van der Waals surface area contributed by atoms with E-state index >= 15 is 0 Å². The van der Waals surface area contributed by atoms with Gasteiger partial charge < -0.3 is 0 Å². The number of halogens is 1. The maximum atomic E-state index is 13.3. The predicted octanol–water partition coefficient (Wildman–Crippen LogP) is 4.91. The van der Waals surface area contributed by atoms with E-state index in [4.69, 9.17) is 0 Å². The summed E-state index contributed by atoms with van der Waals surface area (Å²) in [7, 11) is 0. The van der Waals surface area contributed by atoms with Crippen LogP contribution in [-0.2, 0) is 0 Å². The molecule has 2 aromatic carbocycles. The Labute approximate surface area is 116 Å². The second-order valence-electron chi connectivity index (χ2n) is 4.66. The van der Waals surface area contributed by atoms with E-state index in [1.807, 2.05) is 12.1 Å². The Morgan fingerprint density at radius 3 is 2.32 bits per heavy atom. The molecule has 0 aromatic heterocycles. The second-order valence-corrected chi connectivity index (χ2v) is 5.81. The van der Waals surface area contributed by atoms with Gasteiger partial charge in [0.25, 0.3) is 0 Å². The molecular weight excluding hydrogens is 259 g/mol. The van der Waals surface area contributed by atoms with Gasteiger partial charge in [-0.1, -0.05) is 37.7 Å².